The Balaban J connectivity index is 1.55. The molecule has 9 heteroatoms. The minimum Gasteiger partial charge on any atom is -0.492 e. The van der Waals surface area contributed by atoms with Gasteiger partial charge < -0.3 is 9.64 Å². The van der Waals surface area contributed by atoms with Gasteiger partial charge in [0.25, 0.3) is 5.91 Å². The third kappa shape index (κ3) is 5.59. The molecule has 2 aromatic carbocycles. The van der Waals surface area contributed by atoms with Crippen molar-refractivity contribution in [1.29, 1.82) is 0 Å². The molecule has 1 heterocycles. The van der Waals surface area contributed by atoms with Crippen molar-refractivity contribution in [2.75, 3.05) is 20.2 Å². The summed E-state index contributed by atoms with van der Waals surface area (Å²) in [6.45, 7) is 2.71. The Morgan fingerprint density at radius 1 is 1.17 bits per heavy atom. The topological polar surface area (TPSA) is 60.2 Å². The lowest BCUT2D eigenvalue weighted by atomic mass is 10.1. The summed E-state index contributed by atoms with van der Waals surface area (Å²) in [4.78, 5) is 13.9. The lowest BCUT2D eigenvalue weighted by Gasteiger charge is -2.16. The number of nitrogens with zero attached hydrogens (tertiary/aromatic N) is 4. The van der Waals surface area contributed by atoms with Gasteiger partial charge in [0.2, 0.25) is 0 Å². The van der Waals surface area contributed by atoms with Crippen LogP contribution < -0.4 is 4.74 Å². The molecule has 1 aromatic heterocycles. The molecule has 0 spiro atoms. The molecule has 0 aliphatic rings. The van der Waals surface area contributed by atoms with E-state index in [1.54, 1.807) is 13.1 Å². The Hall–Kier alpha value is -3.36. The average molecular weight is 418 g/mol. The minimum absolute atomic E-state index is 0.0739. The molecule has 0 saturated carbocycles. The average Bonchev–Trinajstić information content (AvgIpc) is 3.17. The number of rotatable bonds is 7. The van der Waals surface area contributed by atoms with E-state index in [0.29, 0.717) is 24.5 Å². The van der Waals surface area contributed by atoms with Crippen LogP contribution in [0.2, 0.25) is 0 Å². The maximum Gasteiger partial charge on any atom is 0.416 e. The van der Waals surface area contributed by atoms with Crippen LogP contribution in [0.5, 0.6) is 5.75 Å². The number of likely N-dealkylation sites (N-methyl/N-ethyl adjacent to an activating group) is 1. The summed E-state index contributed by atoms with van der Waals surface area (Å²) >= 11 is 0. The van der Waals surface area contributed by atoms with Crippen molar-refractivity contribution in [2.45, 2.75) is 19.6 Å². The van der Waals surface area contributed by atoms with Gasteiger partial charge in [0, 0.05) is 7.05 Å². The SMILES string of the molecule is Cc1ccc(OCCN(C)C(=O)c2cn(Cc3cccc(C(F)(F)F)c3)nn2)cc1. The molecule has 0 N–H and O–H groups in total. The van der Waals surface area contributed by atoms with Gasteiger partial charge in [0.05, 0.1) is 24.8 Å². The molecule has 0 bridgehead atoms. The Kier molecular flexibility index (Phi) is 6.39. The first-order valence-corrected chi connectivity index (χ1v) is 9.23. The Morgan fingerprint density at radius 3 is 2.60 bits per heavy atom. The van der Waals surface area contributed by atoms with E-state index >= 15 is 0 Å². The molecule has 1 amide bonds. The predicted octanol–water partition coefficient (Wildman–Crippen LogP) is 3.80. The van der Waals surface area contributed by atoms with E-state index in [9.17, 15) is 18.0 Å². The number of amides is 1. The highest BCUT2D eigenvalue weighted by Gasteiger charge is 2.30. The molecular weight excluding hydrogens is 397 g/mol. The number of alkyl halides is 3. The number of halogens is 3. The highest BCUT2D eigenvalue weighted by molar-refractivity contribution is 5.91. The zero-order chi connectivity index (χ0) is 21.7. The molecule has 3 aromatic rings. The second-order valence-electron chi connectivity index (χ2n) is 6.89. The molecule has 0 radical (unpaired) electrons. The smallest absolute Gasteiger partial charge is 0.416 e. The zero-order valence-electron chi connectivity index (χ0n) is 16.6. The molecule has 158 valence electrons. The van der Waals surface area contributed by atoms with Gasteiger partial charge in [0.15, 0.2) is 5.69 Å². The van der Waals surface area contributed by atoms with Gasteiger partial charge in [-0.1, -0.05) is 35.0 Å². The lowest BCUT2D eigenvalue weighted by Crippen LogP contribution is -2.31. The predicted molar refractivity (Wildman–Crippen MR) is 104 cm³/mol. The van der Waals surface area contributed by atoms with E-state index in [4.69, 9.17) is 4.74 Å². The maximum atomic E-state index is 12.8. The van der Waals surface area contributed by atoms with Crippen molar-refractivity contribution >= 4 is 5.91 Å². The van der Waals surface area contributed by atoms with Crippen molar-refractivity contribution in [2.24, 2.45) is 0 Å². The Bertz CT molecular complexity index is 1000. The van der Waals surface area contributed by atoms with Crippen molar-refractivity contribution in [1.82, 2.24) is 19.9 Å². The van der Waals surface area contributed by atoms with E-state index < -0.39 is 11.7 Å². The number of carbonyl (C=O) groups is 1. The monoisotopic (exact) mass is 418 g/mol. The molecule has 0 aliphatic carbocycles. The Labute approximate surface area is 171 Å². The highest BCUT2D eigenvalue weighted by atomic mass is 19.4. The second kappa shape index (κ2) is 8.98. The van der Waals surface area contributed by atoms with Gasteiger partial charge in [-0.2, -0.15) is 13.2 Å². The van der Waals surface area contributed by atoms with E-state index in [0.717, 1.165) is 17.7 Å². The van der Waals surface area contributed by atoms with Gasteiger partial charge in [-0.05, 0) is 36.8 Å². The summed E-state index contributed by atoms with van der Waals surface area (Å²) in [5, 5.41) is 7.69. The number of ether oxygens (including phenoxy) is 1. The van der Waals surface area contributed by atoms with E-state index in [-0.39, 0.29) is 18.1 Å². The molecule has 0 atom stereocenters. The van der Waals surface area contributed by atoms with Crippen LogP contribution in [0.25, 0.3) is 0 Å². The normalized spacial score (nSPS) is 11.4. The summed E-state index contributed by atoms with van der Waals surface area (Å²) in [5.41, 5.74) is 0.918. The third-order valence-corrected chi connectivity index (χ3v) is 4.42. The standard InChI is InChI=1S/C21H21F3N4O2/c1-15-6-8-18(9-7-15)30-11-10-27(2)20(29)19-14-28(26-25-19)13-16-4-3-5-17(12-16)21(22,23)24/h3-9,12,14H,10-11,13H2,1-2H3. The largest absolute Gasteiger partial charge is 0.492 e. The number of hydrogen-bond acceptors (Lipinski definition) is 4. The van der Waals surface area contributed by atoms with Crippen molar-refractivity contribution in [3.05, 3.63) is 77.1 Å². The van der Waals surface area contributed by atoms with Gasteiger partial charge in [-0.3, -0.25) is 4.79 Å². The van der Waals surface area contributed by atoms with E-state index in [1.807, 2.05) is 31.2 Å². The molecule has 0 saturated heterocycles. The number of hydrogen-bond donors (Lipinski definition) is 0. The number of benzene rings is 2. The van der Waals surface area contributed by atoms with Crippen LogP contribution in [-0.2, 0) is 12.7 Å². The quantitative estimate of drug-likeness (QED) is 0.586. The summed E-state index contributed by atoms with van der Waals surface area (Å²) in [5.74, 6) is 0.367. The number of carbonyl (C=O) groups excluding carboxylic acids is 1. The molecule has 30 heavy (non-hydrogen) atoms. The molecule has 3 rings (SSSR count). The highest BCUT2D eigenvalue weighted by Crippen LogP contribution is 2.29. The fourth-order valence-electron chi connectivity index (χ4n) is 2.74. The molecular formula is C21H21F3N4O2. The minimum atomic E-state index is -4.41. The molecule has 6 nitrogen and oxygen atoms in total. The van der Waals surface area contributed by atoms with Crippen molar-refractivity contribution in [3.63, 3.8) is 0 Å². The first-order valence-electron chi connectivity index (χ1n) is 9.23. The third-order valence-electron chi connectivity index (χ3n) is 4.42. The molecule has 0 aliphatic heterocycles. The fraction of sp³-hybridized carbons (Fsp3) is 0.286. The van der Waals surface area contributed by atoms with Crippen LogP contribution in [0.4, 0.5) is 13.2 Å². The molecule has 0 fully saturated rings. The first kappa shape index (κ1) is 21.4. The van der Waals surface area contributed by atoms with Crippen LogP contribution in [0.15, 0.2) is 54.7 Å². The van der Waals surface area contributed by atoms with Gasteiger partial charge in [-0.25, -0.2) is 4.68 Å². The molecule has 0 unspecified atom stereocenters. The van der Waals surface area contributed by atoms with Gasteiger partial charge in [-0.15, -0.1) is 5.10 Å². The van der Waals surface area contributed by atoms with Crippen molar-refractivity contribution in [3.8, 4) is 5.75 Å². The summed E-state index contributed by atoms with van der Waals surface area (Å²) in [6.07, 6.45) is -3.00. The Morgan fingerprint density at radius 2 is 1.90 bits per heavy atom. The van der Waals surface area contributed by atoms with Gasteiger partial charge in [0.1, 0.15) is 12.4 Å². The van der Waals surface area contributed by atoms with E-state index in [2.05, 4.69) is 10.3 Å². The maximum absolute atomic E-state index is 12.8. The zero-order valence-corrected chi connectivity index (χ0v) is 16.6. The first-order chi connectivity index (χ1) is 14.2. The van der Waals surface area contributed by atoms with Gasteiger partial charge >= 0.3 is 6.18 Å². The lowest BCUT2D eigenvalue weighted by molar-refractivity contribution is -0.137. The van der Waals surface area contributed by atoms with Crippen LogP contribution in [0.1, 0.15) is 27.2 Å². The van der Waals surface area contributed by atoms with Crippen LogP contribution in [0.3, 0.4) is 0 Å². The van der Waals surface area contributed by atoms with Crippen LogP contribution in [0, 0.1) is 6.92 Å². The van der Waals surface area contributed by atoms with Crippen molar-refractivity contribution < 1.29 is 22.7 Å². The number of aryl methyl sites for hydroxylation is 1. The van der Waals surface area contributed by atoms with E-state index in [1.165, 1.54) is 21.8 Å². The van der Waals surface area contributed by atoms with Crippen LogP contribution >= 0.6 is 0 Å². The summed E-state index contributed by atoms with van der Waals surface area (Å²) in [7, 11) is 1.62. The fourth-order valence-corrected chi connectivity index (χ4v) is 2.74. The summed E-state index contributed by atoms with van der Waals surface area (Å²) in [6, 6.07) is 12.5. The second-order valence-corrected chi connectivity index (χ2v) is 6.89. The number of aromatic nitrogens is 3. The van der Waals surface area contributed by atoms with Crippen LogP contribution in [-0.4, -0.2) is 46.0 Å². The summed E-state index contributed by atoms with van der Waals surface area (Å²) < 4.78 is 45.5.